The molecule has 1 aliphatic carbocycles. The fourth-order valence-electron chi connectivity index (χ4n) is 6.46. The van der Waals surface area contributed by atoms with E-state index in [0.717, 1.165) is 19.3 Å². The Bertz CT molecular complexity index is 1310. The van der Waals surface area contributed by atoms with E-state index in [1.165, 1.54) is 7.11 Å². The van der Waals surface area contributed by atoms with Crippen LogP contribution >= 0.6 is 23.2 Å². The number of halogens is 2. The van der Waals surface area contributed by atoms with Crippen LogP contribution in [-0.2, 0) is 14.4 Å². The number of aromatic amines is 1. The van der Waals surface area contributed by atoms with Gasteiger partial charge in [-0.05, 0) is 50.0 Å². The molecule has 210 valence electrons. The quantitative estimate of drug-likeness (QED) is 0.360. The molecule has 3 amide bonds. The first-order chi connectivity index (χ1) is 18.7. The van der Waals surface area contributed by atoms with Gasteiger partial charge in [-0.15, -0.1) is 0 Å². The number of Topliss-reactive ketones (excluding diaryl/α,β-unsaturated/α-hetero) is 1. The predicted molar refractivity (Wildman–Crippen MR) is 145 cm³/mol. The van der Waals surface area contributed by atoms with Crippen molar-refractivity contribution in [2.45, 2.75) is 50.6 Å². The minimum absolute atomic E-state index is 0.0311. The highest BCUT2D eigenvalue weighted by Crippen LogP contribution is 2.43. The number of fused-ring (bicyclic) bond motifs is 2. The van der Waals surface area contributed by atoms with Crippen molar-refractivity contribution in [1.29, 1.82) is 0 Å². The molecule has 3 aliphatic rings. The third-order valence-electron chi connectivity index (χ3n) is 8.47. The number of methoxy groups -OCH3 is 1. The molecule has 12 heteroatoms. The average Bonchev–Trinajstić information content (AvgIpc) is 3.71. The van der Waals surface area contributed by atoms with Crippen molar-refractivity contribution < 1.29 is 29.0 Å². The lowest BCUT2D eigenvalue weighted by Gasteiger charge is -2.28. The lowest BCUT2D eigenvalue weighted by Crippen LogP contribution is -2.53. The van der Waals surface area contributed by atoms with Gasteiger partial charge >= 0.3 is 0 Å². The van der Waals surface area contributed by atoms with Gasteiger partial charge in [0.25, 0.3) is 5.91 Å². The number of aromatic nitrogens is 1. The van der Waals surface area contributed by atoms with Gasteiger partial charge in [-0.2, -0.15) is 0 Å². The van der Waals surface area contributed by atoms with E-state index in [1.807, 2.05) is 0 Å². The van der Waals surface area contributed by atoms with Crippen LogP contribution in [0.3, 0.4) is 0 Å². The lowest BCUT2D eigenvalue weighted by atomic mass is 9.92. The Balaban J connectivity index is 1.39. The molecule has 5 rings (SSSR count). The average molecular weight is 579 g/mol. The molecular weight excluding hydrogens is 547 g/mol. The molecule has 10 nitrogen and oxygen atoms in total. The summed E-state index contributed by atoms with van der Waals surface area (Å²) in [5, 5.41) is 16.3. The summed E-state index contributed by atoms with van der Waals surface area (Å²) in [4.78, 5) is 56.7. The van der Waals surface area contributed by atoms with Gasteiger partial charge in [0.1, 0.15) is 24.1 Å². The van der Waals surface area contributed by atoms with Gasteiger partial charge in [-0.1, -0.05) is 29.6 Å². The molecule has 0 bridgehead atoms. The number of ether oxygens (including phenoxy) is 1. The van der Waals surface area contributed by atoms with Crippen LogP contribution in [0.4, 0.5) is 0 Å². The van der Waals surface area contributed by atoms with E-state index in [9.17, 15) is 24.3 Å². The fourth-order valence-corrected chi connectivity index (χ4v) is 6.85. The summed E-state index contributed by atoms with van der Waals surface area (Å²) in [6.45, 7) is 0.290. The van der Waals surface area contributed by atoms with Crippen LogP contribution in [0, 0.1) is 17.8 Å². The first kappa shape index (κ1) is 27.7. The Morgan fingerprint density at radius 3 is 2.72 bits per heavy atom. The van der Waals surface area contributed by atoms with Crippen LogP contribution in [-0.4, -0.2) is 77.4 Å². The second-order valence-electron chi connectivity index (χ2n) is 10.6. The zero-order valence-electron chi connectivity index (χ0n) is 21.6. The van der Waals surface area contributed by atoms with Gasteiger partial charge in [0, 0.05) is 30.5 Å². The first-order valence-corrected chi connectivity index (χ1v) is 14.1. The third-order valence-corrected chi connectivity index (χ3v) is 9.26. The molecule has 2 aromatic rings. The van der Waals surface area contributed by atoms with Crippen LogP contribution in [0.1, 0.15) is 49.0 Å². The Morgan fingerprint density at radius 2 is 2.03 bits per heavy atom. The van der Waals surface area contributed by atoms with Crippen molar-refractivity contribution in [2.24, 2.45) is 17.8 Å². The number of hydrogen-bond donors (Lipinski definition) is 4. The summed E-state index contributed by atoms with van der Waals surface area (Å²) in [7, 11) is 1.50. The normalized spacial score (nSPS) is 25.0. The van der Waals surface area contributed by atoms with E-state index < -0.39 is 30.4 Å². The van der Waals surface area contributed by atoms with Crippen LogP contribution in [0.5, 0.6) is 5.75 Å². The maximum absolute atomic E-state index is 13.8. The van der Waals surface area contributed by atoms with E-state index in [0.29, 0.717) is 42.6 Å². The van der Waals surface area contributed by atoms with Crippen molar-refractivity contribution in [1.82, 2.24) is 20.5 Å². The summed E-state index contributed by atoms with van der Waals surface area (Å²) < 4.78 is 5.42. The second-order valence-corrected chi connectivity index (χ2v) is 11.4. The SMILES string of the molecule is COc1cc(Cl)c(Cl)c2[nH]c(C(=O)N3C[C@@H]4CCC[C@@H]4[C@H]3C(=O)N[C@@H](CC[C@@H]3CCNC3=O)C(=O)CO)cc12. The molecule has 2 saturated heterocycles. The topological polar surface area (TPSA) is 141 Å². The molecule has 0 spiro atoms. The van der Waals surface area contributed by atoms with E-state index in [4.69, 9.17) is 27.9 Å². The van der Waals surface area contributed by atoms with E-state index in [-0.39, 0.29) is 51.7 Å². The van der Waals surface area contributed by atoms with Gasteiger partial charge in [0.2, 0.25) is 11.8 Å². The van der Waals surface area contributed by atoms with E-state index in [2.05, 4.69) is 15.6 Å². The molecule has 1 saturated carbocycles. The molecule has 39 heavy (non-hydrogen) atoms. The summed E-state index contributed by atoms with van der Waals surface area (Å²) in [6.07, 6.45) is 4.01. The summed E-state index contributed by atoms with van der Waals surface area (Å²) in [5.74, 6) is -0.975. The standard InChI is InChI=1S/C27H32Cl2N4O6/c1-39-21-10-17(28)22(29)23-16(21)9-19(31-23)27(38)33-11-14-3-2-4-15(14)24(33)26(37)32-18(20(35)12-34)6-5-13-7-8-30-25(13)36/h9-10,13-15,18,24,31,34H,2-8,11-12H2,1H3,(H,30,36)(H,32,37)/t13-,14+,15+,18+,24+/m1/s1. The zero-order chi connectivity index (χ0) is 27.8. The maximum Gasteiger partial charge on any atom is 0.271 e. The number of aliphatic hydroxyl groups is 1. The number of H-pyrrole nitrogens is 1. The van der Waals surface area contributed by atoms with Gasteiger partial charge in [-0.25, -0.2) is 0 Å². The highest BCUT2D eigenvalue weighted by atomic mass is 35.5. The Labute approximate surface area is 235 Å². The van der Waals surface area contributed by atoms with Crippen LogP contribution in [0.2, 0.25) is 10.0 Å². The van der Waals surface area contributed by atoms with Crippen LogP contribution < -0.4 is 15.4 Å². The molecule has 3 heterocycles. The number of amides is 3. The van der Waals surface area contributed by atoms with Crippen molar-refractivity contribution in [3.05, 3.63) is 27.9 Å². The van der Waals surface area contributed by atoms with Crippen LogP contribution in [0.15, 0.2) is 12.1 Å². The minimum atomic E-state index is -0.938. The number of rotatable bonds is 9. The summed E-state index contributed by atoms with van der Waals surface area (Å²) in [5.41, 5.74) is 0.717. The molecule has 1 aromatic heterocycles. The van der Waals surface area contributed by atoms with Crippen LogP contribution in [0.25, 0.3) is 10.9 Å². The largest absolute Gasteiger partial charge is 0.496 e. The number of nitrogens with one attached hydrogen (secondary N) is 3. The number of hydrogen-bond acceptors (Lipinski definition) is 6. The molecule has 0 radical (unpaired) electrons. The van der Waals surface area contributed by atoms with Gasteiger partial charge in [-0.3, -0.25) is 19.2 Å². The molecule has 5 atom stereocenters. The summed E-state index contributed by atoms with van der Waals surface area (Å²) in [6, 6.07) is 1.53. The van der Waals surface area contributed by atoms with Gasteiger partial charge < -0.3 is 30.4 Å². The Hall–Kier alpha value is -2.82. The number of nitrogens with zero attached hydrogens (tertiary/aromatic N) is 1. The third kappa shape index (κ3) is 5.21. The molecule has 1 aromatic carbocycles. The molecule has 3 fully saturated rings. The number of carbonyl (C=O) groups excluding carboxylic acids is 4. The lowest BCUT2D eigenvalue weighted by molar-refractivity contribution is -0.132. The number of aliphatic hydroxyl groups excluding tert-OH is 1. The number of carbonyl (C=O) groups is 4. The number of ketones is 1. The smallest absolute Gasteiger partial charge is 0.271 e. The predicted octanol–water partition coefficient (Wildman–Crippen LogP) is 2.69. The maximum atomic E-state index is 13.8. The Morgan fingerprint density at radius 1 is 1.23 bits per heavy atom. The van der Waals surface area contributed by atoms with Gasteiger partial charge in [0.15, 0.2) is 5.78 Å². The second kappa shape index (κ2) is 11.3. The van der Waals surface area contributed by atoms with E-state index in [1.54, 1.807) is 17.0 Å². The van der Waals surface area contributed by atoms with Gasteiger partial charge in [0.05, 0.1) is 28.7 Å². The van der Waals surface area contributed by atoms with Crippen molar-refractivity contribution in [3.8, 4) is 5.75 Å². The number of benzene rings is 1. The first-order valence-electron chi connectivity index (χ1n) is 13.3. The van der Waals surface area contributed by atoms with Crippen molar-refractivity contribution in [3.63, 3.8) is 0 Å². The molecular formula is C27H32Cl2N4O6. The Kier molecular flexibility index (Phi) is 8.07. The van der Waals surface area contributed by atoms with E-state index >= 15 is 0 Å². The minimum Gasteiger partial charge on any atom is -0.496 e. The molecule has 0 unspecified atom stereocenters. The molecule has 4 N–H and O–H groups in total. The highest BCUT2D eigenvalue weighted by molar-refractivity contribution is 6.45. The summed E-state index contributed by atoms with van der Waals surface area (Å²) >= 11 is 12.6. The number of likely N-dealkylation sites (tertiary alicyclic amines) is 1. The monoisotopic (exact) mass is 578 g/mol. The zero-order valence-corrected chi connectivity index (χ0v) is 23.1. The molecule has 2 aliphatic heterocycles. The van der Waals surface area contributed by atoms with Crippen molar-refractivity contribution >= 4 is 57.6 Å². The fraction of sp³-hybridized carbons (Fsp3) is 0.556. The highest BCUT2D eigenvalue weighted by Gasteiger charge is 2.50. The van der Waals surface area contributed by atoms with Crippen molar-refractivity contribution in [2.75, 3.05) is 26.8 Å².